The van der Waals surface area contributed by atoms with Crippen LogP contribution < -0.4 is 0 Å². The summed E-state index contributed by atoms with van der Waals surface area (Å²) < 4.78 is 5.13. The number of rotatable bonds is 5. The van der Waals surface area contributed by atoms with Gasteiger partial charge in [0.2, 0.25) is 0 Å². The van der Waals surface area contributed by atoms with Crippen molar-refractivity contribution < 1.29 is 9.53 Å². The second-order valence-corrected chi connectivity index (χ2v) is 4.18. The zero-order chi connectivity index (χ0) is 10.5. The van der Waals surface area contributed by atoms with Crippen LogP contribution in [0.1, 0.15) is 34.6 Å². The highest BCUT2D eigenvalue weighted by Crippen LogP contribution is 2.21. The zero-order valence-electron chi connectivity index (χ0n) is 9.39. The van der Waals surface area contributed by atoms with Crippen LogP contribution in [-0.2, 0) is 9.53 Å². The van der Waals surface area contributed by atoms with Crippen LogP contribution in [0.2, 0.25) is 0 Å². The Morgan fingerprint density at radius 2 is 1.86 bits per heavy atom. The first-order valence-electron chi connectivity index (χ1n) is 4.72. The second kappa shape index (κ2) is 6.82. The molecule has 3 nitrogen and oxygen atoms in total. The van der Waals surface area contributed by atoms with E-state index >= 15 is 0 Å². The molecule has 0 atom stereocenters. The van der Waals surface area contributed by atoms with Crippen molar-refractivity contribution in [2.45, 2.75) is 34.6 Å². The third-order valence-corrected chi connectivity index (χ3v) is 2.21. The van der Waals surface area contributed by atoms with Gasteiger partial charge in [-0.15, -0.1) is 0 Å². The summed E-state index contributed by atoms with van der Waals surface area (Å²) in [7, 11) is 3.91. The molecular weight excluding hydrogens is 178 g/mol. The molecule has 0 bridgehead atoms. The lowest BCUT2D eigenvalue weighted by atomic mass is 9.91. The summed E-state index contributed by atoms with van der Waals surface area (Å²) in [5.74, 6) is -0.100. The number of likely N-dealkylation sites (N-methyl/N-ethyl adjacent to an activating group) is 1. The van der Waals surface area contributed by atoms with Crippen LogP contribution in [0.5, 0.6) is 0 Å². The number of carbonyl (C=O) groups is 1. The highest BCUT2D eigenvalue weighted by molar-refractivity contribution is 5.75. The Balaban J connectivity index is 0. The summed E-state index contributed by atoms with van der Waals surface area (Å²) in [4.78, 5) is 13.4. The van der Waals surface area contributed by atoms with Crippen LogP contribution in [0.25, 0.3) is 0 Å². The maximum absolute atomic E-state index is 11.4. The predicted molar refractivity (Wildman–Crippen MR) is 60.3 cm³/mol. The van der Waals surface area contributed by atoms with Gasteiger partial charge in [-0.25, -0.2) is 0 Å². The molecule has 0 heterocycles. The molecule has 0 aliphatic heterocycles. The van der Waals surface area contributed by atoms with Crippen molar-refractivity contribution in [3.8, 4) is 0 Å². The lowest BCUT2D eigenvalue weighted by molar-refractivity contribution is -0.154. The molecule has 0 fully saturated rings. The van der Waals surface area contributed by atoms with Gasteiger partial charge in [0.1, 0.15) is 6.61 Å². The van der Waals surface area contributed by atoms with Gasteiger partial charge >= 0.3 is 5.97 Å². The monoisotopic (exact) mass is 203 g/mol. The normalized spacial score (nSPS) is 11.0. The van der Waals surface area contributed by atoms with E-state index < -0.39 is 0 Å². The quantitative estimate of drug-likeness (QED) is 0.641. The molecule has 0 N–H and O–H groups in total. The van der Waals surface area contributed by atoms with E-state index in [2.05, 4.69) is 0 Å². The summed E-state index contributed by atoms with van der Waals surface area (Å²) in [5, 5.41) is 0. The summed E-state index contributed by atoms with van der Waals surface area (Å²) in [5.41, 5.74) is -0.341. The first-order valence-corrected chi connectivity index (χ1v) is 4.72. The molecule has 0 aromatic heterocycles. The van der Waals surface area contributed by atoms with Crippen molar-refractivity contribution in [3.05, 3.63) is 0 Å². The SMILES string of the molecule is C.CCC(C)(C)C(=O)OCCN(C)C. The van der Waals surface area contributed by atoms with Gasteiger partial charge in [0.25, 0.3) is 0 Å². The first kappa shape index (κ1) is 15.9. The third kappa shape index (κ3) is 5.97. The lowest BCUT2D eigenvalue weighted by Gasteiger charge is -2.20. The smallest absolute Gasteiger partial charge is 0.311 e. The molecule has 0 aliphatic rings. The van der Waals surface area contributed by atoms with Gasteiger partial charge in [-0.05, 0) is 34.4 Å². The minimum atomic E-state index is -0.341. The summed E-state index contributed by atoms with van der Waals surface area (Å²) >= 11 is 0. The predicted octanol–water partition coefficient (Wildman–Crippen LogP) is 2.16. The molecule has 0 unspecified atom stereocenters. The third-order valence-electron chi connectivity index (χ3n) is 2.21. The van der Waals surface area contributed by atoms with E-state index in [1.807, 2.05) is 39.8 Å². The molecule has 0 aliphatic carbocycles. The summed E-state index contributed by atoms with van der Waals surface area (Å²) in [6.07, 6.45) is 0.813. The van der Waals surface area contributed by atoms with E-state index in [4.69, 9.17) is 4.74 Å². The van der Waals surface area contributed by atoms with E-state index in [9.17, 15) is 4.79 Å². The molecule has 0 aromatic rings. The van der Waals surface area contributed by atoms with Crippen LogP contribution >= 0.6 is 0 Å². The van der Waals surface area contributed by atoms with Gasteiger partial charge in [0, 0.05) is 6.54 Å². The topological polar surface area (TPSA) is 29.5 Å². The number of esters is 1. The minimum Gasteiger partial charge on any atom is -0.464 e. The van der Waals surface area contributed by atoms with Gasteiger partial charge in [-0.3, -0.25) is 4.79 Å². The molecular formula is C11H25NO2. The van der Waals surface area contributed by atoms with Crippen molar-refractivity contribution >= 4 is 5.97 Å². The number of hydrogen-bond donors (Lipinski definition) is 0. The van der Waals surface area contributed by atoms with Crippen LogP contribution in [0.15, 0.2) is 0 Å². The maximum atomic E-state index is 11.4. The molecule has 86 valence electrons. The van der Waals surface area contributed by atoms with Gasteiger partial charge < -0.3 is 9.64 Å². The Labute approximate surface area is 88.4 Å². The van der Waals surface area contributed by atoms with Crippen LogP contribution in [0.3, 0.4) is 0 Å². The number of nitrogens with zero attached hydrogens (tertiary/aromatic N) is 1. The zero-order valence-corrected chi connectivity index (χ0v) is 9.39. The van der Waals surface area contributed by atoms with Crippen LogP contribution in [0.4, 0.5) is 0 Å². The second-order valence-electron chi connectivity index (χ2n) is 4.18. The molecule has 0 spiro atoms. The fourth-order valence-electron chi connectivity index (χ4n) is 0.661. The van der Waals surface area contributed by atoms with Crippen molar-refractivity contribution in [2.75, 3.05) is 27.2 Å². The number of carbonyl (C=O) groups excluding carboxylic acids is 1. The molecule has 0 saturated carbocycles. The van der Waals surface area contributed by atoms with Crippen LogP contribution in [0, 0.1) is 5.41 Å². The Morgan fingerprint density at radius 1 is 1.36 bits per heavy atom. The summed E-state index contributed by atoms with van der Waals surface area (Å²) in [6, 6.07) is 0. The molecule has 0 rings (SSSR count). The van der Waals surface area contributed by atoms with Gasteiger partial charge in [-0.2, -0.15) is 0 Å². The lowest BCUT2D eigenvalue weighted by Crippen LogP contribution is -2.28. The molecule has 14 heavy (non-hydrogen) atoms. The van der Waals surface area contributed by atoms with E-state index in [1.54, 1.807) is 0 Å². The Hall–Kier alpha value is -0.570. The van der Waals surface area contributed by atoms with E-state index in [1.165, 1.54) is 0 Å². The molecule has 0 radical (unpaired) electrons. The van der Waals surface area contributed by atoms with Crippen molar-refractivity contribution in [2.24, 2.45) is 5.41 Å². The Morgan fingerprint density at radius 3 is 2.21 bits per heavy atom. The highest BCUT2D eigenvalue weighted by atomic mass is 16.5. The number of hydrogen-bond acceptors (Lipinski definition) is 3. The minimum absolute atomic E-state index is 0. The molecule has 0 aromatic carbocycles. The van der Waals surface area contributed by atoms with Crippen molar-refractivity contribution in [1.82, 2.24) is 4.90 Å². The average molecular weight is 203 g/mol. The van der Waals surface area contributed by atoms with Crippen molar-refractivity contribution in [1.29, 1.82) is 0 Å². The Kier molecular flexibility index (Phi) is 7.74. The van der Waals surface area contributed by atoms with E-state index in [0.29, 0.717) is 6.61 Å². The standard InChI is InChI=1S/C10H21NO2.CH4/c1-6-10(2,3)9(12)13-8-7-11(4)5;/h6-8H2,1-5H3;1H4. The van der Waals surface area contributed by atoms with Crippen LogP contribution in [-0.4, -0.2) is 38.1 Å². The summed E-state index contributed by atoms with van der Waals surface area (Å²) in [6.45, 7) is 7.07. The first-order chi connectivity index (χ1) is 5.90. The largest absolute Gasteiger partial charge is 0.464 e. The highest BCUT2D eigenvalue weighted by Gasteiger charge is 2.26. The number of ether oxygens (including phenoxy) is 1. The van der Waals surface area contributed by atoms with E-state index in [0.717, 1.165) is 13.0 Å². The van der Waals surface area contributed by atoms with Gasteiger partial charge in [0.05, 0.1) is 5.41 Å². The van der Waals surface area contributed by atoms with Crippen molar-refractivity contribution in [3.63, 3.8) is 0 Å². The van der Waals surface area contributed by atoms with E-state index in [-0.39, 0.29) is 18.8 Å². The van der Waals surface area contributed by atoms with Gasteiger partial charge in [-0.1, -0.05) is 14.4 Å². The molecule has 0 saturated heterocycles. The fraction of sp³-hybridized carbons (Fsp3) is 0.909. The molecule has 3 heteroatoms. The maximum Gasteiger partial charge on any atom is 0.311 e. The fourth-order valence-corrected chi connectivity index (χ4v) is 0.661. The Bertz CT molecular complexity index is 165. The van der Waals surface area contributed by atoms with Gasteiger partial charge in [0.15, 0.2) is 0 Å². The average Bonchev–Trinajstić information content (AvgIpc) is 2.03. The molecule has 0 amide bonds.